The minimum Gasteiger partial charge on any atom is -0.497 e. The van der Waals surface area contributed by atoms with Gasteiger partial charge in [-0.1, -0.05) is 62.7 Å². The van der Waals surface area contributed by atoms with Crippen LogP contribution in [0.5, 0.6) is 5.75 Å². The summed E-state index contributed by atoms with van der Waals surface area (Å²) >= 11 is 0. The summed E-state index contributed by atoms with van der Waals surface area (Å²) in [6.45, 7) is 11.7. The molecule has 1 saturated heterocycles. The van der Waals surface area contributed by atoms with Crippen LogP contribution in [0.3, 0.4) is 0 Å². The second-order valence-electron chi connectivity index (χ2n) is 12.9. The molecule has 1 N–H and O–H groups in total. The second kappa shape index (κ2) is 12.0. The molecule has 39 heavy (non-hydrogen) atoms. The van der Waals surface area contributed by atoms with Crippen molar-refractivity contribution >= 4 is 5.97 Å². The first-order chi connectivity index (χ1) is 18.5. The Morgan fingerprint density at radius 3 is 2.26 bits per heavy atom. The van der Waals surface area contributed by atoms with E-state index in [0.717, 1.165) is 50.0 Å². The van der Waals surface area contributed by atoms with Crippen LogP contribution in [0.4, 0.5) is 0 Å². The van der Waals surface area contributed by atoms with E-state index in [1.165, 1.54) is 12.0 Å². The van der Waals surface area contributed by atoms with Crippen molar-refractivity contribution in [2.24, 2.45) is 5.92 Å². The largest absolute Gasteiger partial charge is 0.497 e. The van der Waals surface area contributed by atoms with E-state index >= 15 is 0 Å². The monoisotopic (exact) mass is 536 g/mol. The van der Waals surface area contributed by atoms with Gasteiger partial charge in [0.05, 0.1) is 7.11 Å². The van der Waals surface area contributed by atoms with Gasteiger partial charge in [0.1, 0.15) is 17.9 Å². The maximum absolute atomic E-state index is 13.0. The average Bonchev–Trinajstić information content (AvgIpc) is 3.15. The van der Waals surface area contributed by atoms with E-state index in [4.69, 9.17) is 9.47 Å². The highest BCUT2D eigenvalue weighted by molar-refractivity contribution is 5.72. The summed E-state index contributed by atoms with van der Waals surface area (Å²) in [5.74, 6) is 1.17. The lowest BCUT2D eigenvalue weighted by atomic mass is 9.60. The van der Waals surface area contributed by atoms with Crippen LogP contribution in [-0.2, 0) is 21.5 Å². The molecule has 6 heteroatoms. The number of esters is 1. The first kappa shape index (κ1) is 29.6. The van der Waals surface area contributed by atoms with Crippen LogP contribution >= 0.6 is 0 Å². The summed E-state index contributed by atoms with van der Waals surface area (Å²) < 4.78 is 11.0. The molecule has 214 valence electrons. The quantitative estimate of drug-likeness (QED) is 0.390. The Hall–Kier alpha value is -2.41. The SMILES string of the molecule is CCC(C)C[C@]1(c2ccccc2)CC[C@]2(CC1)CN(Cc1ccc(OC)cc1)C(O)N2CC(=O)OC(C)(C)C. The zero-order valence-corrected chi connectivity index (χ0v) is 24.8. The molecule has 2 aromatic rings. The normalized spacial score (nSPS) is 27.0. The molecular formula is C33H48N2O4. The lowest BCUT2D eigenvalue weighted by molar-refractivity contribution is -0.164. The molecule has 1 aliphatic carbocycles. The van der Waals surface area contributed by atoms with E-state index in [0.29, 0.717) is 12.5 Å². The Morgan fingerprint density at radius 2 is 1.69 bits per heavy atom. The summed E-state index contributed by atoms with van der Waals surface area (Å²) in [4.78, 5) is 17.2. The Labute approximate surface area is 235 Å². The fraction of sp³-hybridized carbons (Fsp3) is 0.606. The van der Waals surface area contributed by atoms with Crippen molar-refractivity contribution in [1.82, 2.24) is 9.80 Å². The smallest absolute Gasteiger partial charge is 0.320 e. The third-order valence-corrected chi connectivity index (χ3v) is 8.94. The van der Waals surface area contributed by atoms with Crippen molar-refractivity contribution in [2.75, 3.05) is 20.2 Å². The van der Waals surface area contributed by atoms with Gasteiger partial charge in [0, 0.05) is 18.6 Å². The minimum absolute atomic E-state index is 0.0846. The second-order valence-corrected chi connectivity index (χ2v) is 12.9. The van der Waals surface area contributed by atoms with Crippen LogP contribution in [0.1, 0.15) is 84.3 Å². The van der Waals surface area contributed by atoms with Crippen LogP contribution in [0.2, 0.25) is 0 Å². The molecule has 4 rings (SSSR count). The molecule has 1 aliphatic heterocycles. The summed E-state index contributed by atoms with van der Waals surface area (Å²) in [7, 11) is 1.66. The number of carbonyl (C=O) groups excluding carboxylic acids is 1. The topological polar surface area (TPSA) is 62.2 Å². The molecule has 2 atom stereocenters. The highest BCUT2D eigenvalue weighted by Crippen LogP contribution is 2.51. The number of hydrogen-bond acceptors (Lipinski definition) is 6. The van der Waals surface area contributed by atoms with Crippen molar-refractivity contribution in [3.05, 3.63) is 65.7 Å². The Bertz CT molecular complexity index is 1070. The first-order valence-corrected chi connectivity index (χ1v) is 14.6. The number of benzene rings is 2. The van der Waals surface area contributed by atoms with Crippen molar-refractivity contribution in [3.63, 3.8) is 0 Å². The van der Waals surface area contributed by atoms with E-state index in [1.54, 1.807) is 7.11 Å². The first-order valence-electron chi connectivity index (χ1n) is 14.6. The lowest BCUT2D eigenvalue weighted by Gasteiger charge is -2.49. The maximum atomic E-state index is 13.0. The zero-order valence-electron chi connectivity index (χ0n) is 24.8. The molecule has 2 unspecified atom stereocenters. The number of hydrogen-bond donors (Lipinski definition) is 1. The van der Waals surface area contributed by atoms with Crippen LogP contribution in [-0.4, -0.2) is 58.6 Å². The van der Waals surface area contributed by atoms with E-state index in [-0.39, 0.29) is 23.5 Å². The number of ether oxygens (including phenoxy) is 2. The average molecular weight is 537 g/mol. The van der Waals surface area contributed by atoms with Gasteiger partial charge in [-0.3, -0.25) is 9.69 Å². The highest BCUT2D eigenvalue weighted by Gasteiger charge is 2.54. The van der Waals surface area contributed by atoms with Gasteiger partial charge < -0.3 is 14.6 Å². The molecule has 2 aliphatic rings. The van der Waals surface area contributed by atoms with Gasteiger partial charge in [0.15, 0.2) is 6.35 Å². The third-order valence-electron chi connectivity index (χ3n) is 8.94. The van der Waals surface area contributed by atoms with Gasteiger partial charge in [0.2, 0.25) is 0 Å². The third kappa shape index (κ3) is 6.85. The van der Waals surface area contributed by atoms with Crippen LogP contribution < -0.4 is 4.74 Å². The summed E-state index contributed by atoms with van der Waals surface area (Å²) in [6.07, 6.45) is 5.41. The number of rotatable bonds is 9. The molecule has 0 radical (unpaired) electrons. The molecular weight excluding hydrogens is 488 g/mol. The molecule has 0 aromatic heterocycles. The number of nitrogens with zero attached hydrogens (tertiary/aromatic N) is 2. The van der Waals surface area contributed by atoms with E-state index in [2.05, 4.69) is 49.1 Å². The van der Waals surface area contributed by atoms with Crippen LogP contribution in [0.15, 0.2) is 54.6 Å². The van der Waals surface area contributed by atoms with Crippen LogP contribution in [0.25, 0.3) is 0 Å². The Morgan fingerprint density at radius 1 is 1.05 bits per heavy atom. The molecule has 2 fully saturated rings. The van der Waals surface area contributed by atoms with Gasteiger partial charge >= 0.3 is 5.97 Å². The molecule has 0 bridgehead atoms. The van der Waals surface area contributed by atoms with Gasteiger partial charge in [0.25, 0.3) is 0 Å². The molecule has 1 heterocycles. The summed E-state index contributed by atoms with van der Waals surface area (Å²) in [5, 5.41) is 11.6. The van der Waals surface area contributed by atoms with Crippen molar-refractivity contribution in [3.8, 4) is 5.75 Å². The van der Waals surface area contributed by atoms with Crippen molar-refractivity contribution in [1.29, 1.82) is 0 Å². The van der Waals surface area contributed by atoms with Gasteiger partial charge in [-0.05, 0) is 87.5 Å². The number of aliphatic hydroxyl groups excluding tert-OH is 1. The summed E-state index contributed by atoms with van der Waals surface area (Å²) in [6, 6.07) is 19.0. The minimum atomic E-state index is -0.849. The predicted octanol–water partition coefficient (Wildman–Crippen LogP) is 6.12. The lowest BCUT2D eigenvalue weighted by Crippen LogP contribution is -2.55. The number of methoxy groups -OCH3 is 1. The van der Waals surface area contributed by atoms with Crippen LogP contribution in [0, 0.1) is 5.92 Å². The molecule has 0 amide bonds. The Balaban J connectivity index is 1.60. The maximum Gasteiger partial charge on any atom is 0.320 e. The zero-order chi connectivity index (χ0) is 28.3. The molecule has 6 nitrogen and oxygen atoms in total. The van der Waals surface area contributed by atoms with E-state index < -0.39 is 12.0 Å². The van der Waals surface area contributed by atoms with Gasteiger partial charge in [-0.2, -0.15) is 0 Å². The van der Waals surface area contributed by atoms with Crippen molar-refractivity contribution in [2.45, 2.75) is 103 Å². The van der Waals surface area contributed by atoms with E-state index in [1.807, 2.05) is 49.9 Å². The number of aliphatic hydroxyl groups is 1. The van der Waals surface area contributed by atoms with Gasteiger partial charge in [-0.15, -0.1) is 0 Å². The van der Waals surface area contributed by atoms with Crippen molar-refractivity contribution < 1.29 is 19.4 Å². The van der Waals surface area contributed by atoms with Gasteiger partial charge in [-0.25, -0.2) is 4.90 Å². The fourth-order valence-electron chi connectivity index (χ4n) is 6.71. The molecule has 1 spiro atoms. The highest BCUT2D eigenvalue weighted by atomic mass is 16.6. The summed E-state index contributed by atoms with van der Waals surface area (Å²) in [5.41, 5.74) is 1.80. The Kier molecular flexibility index (Phi) is 9.09. The predicted molar refractivity (Wildman–Crippen MR) is 155 cm³/mol. The van der Waals surface area contributed by atoms with E-state index in [9.17, 15) is 9.90 Å². The number of carbonyl (C=O) groups is 1. The molecule has 2 aromatic carbocycles. The fourth-order valence-corrected chi connectivity index (χ4v) is 6.71. The standard InChI is InChI=1S/C33H48N2O4/c1-7-25(2)21-32(27-11-9-8-10-12-27)17-19-33(20-18-32)24-34(22-26-13-15-28(38-6)16-14-26)30(37)35(33)23-29(36)39-31(3,4)5/h8-16,25,30,37H,7,17-24H2,1-6H3/t25?,30?,32-,33-. The molecule has 1 saturated carbocycles.